The summed E-state index contributed by atoms with van der Waals surface area (Å²) in [6.07, 6.45) is 4.80. The molecule has 0 bridgehead atoms. The molecule has 1 aliphatic carbocycles. The normalized spacial score (nSPS) is 17.8. The van der Waals surface area contributed by atoms with E-state index < -0.39 is 11.7 Å². The third-order valence-electron chi connectivity index (χ3n) is 3.56. The van der Waals surface area contributed by atoms with Crippen LogP contribution in [0, 0.1) is 0 Å². The number of nitrogens with one attached hydrogen (secondary N) is 1. The summed E-state index contributed by atoms with van der Waals surface area (Å²) >= 11 is 0. The van der Waals surface area contributed by atoms with Crippen molar-refractivity contribution in [1.29, 1.82) is 0 Å². The van der Waals surface area contributed by atoms with E-state index in [2.05, 4.69) is 10.4 Å². The van der Waals surface area contributed by atoms with Crippen LogP contribution in [0.2, 0.25) is 0 Å². The lowest BCUT2D eigenvalue weighted by Gasteiger charge is -2.22. The van der Waals surface area contributed by atoms with Gasteiger partial charge in [-0.1, -0.05) is 19.3 Å². The Balaban J connectivity index is 1.66. The van der Waals surface area contributed by atoms with Gasteiger partial charge in [0, 0.05) is 18.8 Å². The lowest BCUT2D eigenvalue weighted by Crippen LogP contribution is -2.32. The van der Waals surface area contributed by atoms with Gasteiger partial charge in [0.25, 0.3) is 0 Å². The number of aromatic nitrogens is 2. The van der Waals surface area contributed by atoms with Gasteiger partial charge >= 0.3 is 6.18 Å². The van der Waals surface area contributed by atoms with E-state index in [1.165, 1.54) is 36.8 Å². The van der Waals surface area contributed by atoms with Crippen LogP contribution in [0.5, 0.6) is 0 Å². The Kier molecular flexibility index (Phi) is 4.85. The van der Waals surface area contributed by atoms with Gasteiger partial charge in [0.15, 0.2) is 0 Å². The van der Waals surface area contributed by atoms with Gasteiger partial charge in [-0.15, -0.1) is 0 Å². The standard InChI is InChI=1S/C13H20F3N3/c14-13(15,16)11-9-18-19(10-11)8-4-7-17-12-5-2-1-3-6-12/h9-10,12,17H,1-8H2. The second-order valence-electron chi connectivity index (χ2n) is 5.13. The molecule has 1 fully saturated rings. The average molecular weight is 275 g/mol. The monoisotopic (exact) mass is 275 g/mol. The predicted octanol–water partition coefficient (Wildman–Crippen LogP) is 3.21. The van der Waals surface area contributed by atoms with E-state index in [0.717, 1.165) is 25.4 Å². The van der Waals surface area contributed by atoms with Crippen LogP contribution in [-0.2, 0) is 12.7 Å². The molecule has 2 rings (SSSR count). The third-order valence-corrected chi connectivity index (χ3v) is 3.56. The summed E-state index contributed by atoms with van der Waals surface area (Å²) in [4.78, 5) is 0. The summed E-state index contributed by atoms with van der Waals surface area (Å²) in [5.41, 5.74) is -0.673. The highest BCUT2D eigenvalue weighted by atomic mass is 19.4. The molecule has 3 nitrogen and oxygen atoms in total. The van der Waals surface area contributed by atoms with E-state index in [1.807, 2.05) is 0 Å². The number of hydrogen-bond donors (Lipinski definition) is 1. The minimum absolute atomic E-state index is 0.524. The van der Waals surface area contributed by atoms with Gasteiger partial charge in [0.1, 0.15) is 0 Å². The Hall–Kier alpha value is -1.04. The molecule has 1 aromatic rings. The second kappa shape index (κ2) is 6.41. The van der Waals surface area contributed by atoms with E-state index in [9.17, 15) is 13.2 Å². The Morgan fingerprint density at radius 2 is 2.00 bits per heavy atom. The quantitative estimate of drug-likeness (QED) is 0.836. The first-order valence-electron chi connectivity index (χ1n) is 6.89. The summed E-state index contributed by atoms with van der Waals surface area (Å²) in [6.45, 7) is 1.36. The number of aryl methyl sites for hydroxylation is 1. The molecule has 0 saturated heterocycles. The highest BCUT2D eigenvalue weighted by Gasteiger charge is 2.32. The zero-order valence-electron chi connectivity index (χ0n) is 10.9. The molecular formula is C13H20F3N3. The van der Waals surface area contributed by atoms with Crippen LogP contribution in [0.3, 0.4) is 0 Å². The molecule has 6 heteroatoms. The summed E-state index contributed by atoms with van der Waals surface area (Å²) in [5.74, 6) is 0. The zero-order valence-corrected chi connectivity index (χ0v) is 10.9. The Labute approximate surface area is 111 Å². The van der Waals surface area contributed by atoms with E-state index >= 15 is 0 Å². The van der Waals surface area contributed by atoms with E-state index in [-0.39, 0.29) is 0 Å². The molecule has 0 amide bonds. The van der Waals surface area contributed by atoms with Gasteiger partial charge < -0.3 is 5.32 Å². The SMILES string of the molecule is FC(F)(F)c1cnn(CCCNC2CCCCC2)c1. The molecule has 1 heterocycles. The molecule has 1 aliphatic rings. The highest BCUT2D eigenvalue weighted by molar-refractivity contribution is 5.08. The molecule has 0 radical (unpaired) electrons. The Morgan fingerprint density at radius 3 is 2.63 bits per heavy atom. The van der Waals surface area contributed by atoms with Gasteiger partial charge in [0.05, 0.1) is 11.8 Å². The Bertz CT molecular complexity index is 381. The first-order chi connectivity index (χ1) is 9.05. The molecule has 19 heavy (non-hydrogen) atoms. The fraction of sp³-hybridized carbons (Fsp3) is 0.769. The number of rotatable bonds is 5. The molecule has 0 atom stereocenters. The number of alkyl halides is 3. The number of nitrogens with zero attached hydrogens (tertiary/aromatic N) is 2. The van der Waals surface area contributed by atoms with Gasteiger partial charge in [-0.3, -0.25) is 4.68 Å². The smallest absolute Gasteiger partial charge is 0.314 e. The van der Waals surface area contributed by atoms with Gasteiger partial charge in [-0.25, -0.2) is 0 Å². The lowest BCUT2D eigenvalue weighted by atomic mass is 9.95. The number of hydrogen-bond acceptors (Lipinski definition) is 2. The molecule has 0 unspecified atom stereocenters. The van der Waals surface area contributed by atoms with E-state index in [4.69, 9.17) is 0 Å². The maximum absolute atomic E-state index is 12.4. The van der Waals surface area contributed by atoms with Gasteiger partial charge in [-0.05, 0) is 25.8 Å². The third kappa shape index (κ3) is 4.53. The van der Waals surface area contributed by atoms with Crippen molar-refractivity contribution in [2.45, 2.75) is 57.3 Å². The molecule has 0 aromatic carbocycles. The van der Waals surface area contributed by atoms with Crippen molar-refractivity contribution in [3.05, 3.63) is 18.0 Å². The zero-order chi connectivity index (χ0) is 13.7. The first kappa shape index (κ1) is 14.4. The number of halogens is 3. The van der Waals surface area contributed by atoms with Crippen LogP contribution in [0.15, 0.2) is 12.4 Å². The minimum atomic E-state index is -4.29. The highest BCUT2D eigenvalue weighted by Crippen LogP contribution is 2.28. The summed E-state index contributed by atoms with van der Waals surface area (Å²) in [5, 5.41) is 7.20. The summed E-state index contributed by atoms with van der Waals surface area (Å²) in [7, 11) is 0. The molecule has 1 aromatic heterocycles. The first-order valence-corrected chi connectivity index (χ1v) is 6.89. The second-order valence-corrected chi connectivity index (χ2v) is 5.13. The minimum Gasteiger partial charge on any atom is -0.314 e. The topological polar surface area (TPSA) is 29.9 Å². The van der Waals surface area contributed by atoms with Crippen LogP contribution in [0.25, 0.3) is 0 Å². The van der Waals surface area contributed by atoms with Crippen LogP contribution in [-0.4, -0.2) is 22.4 Å². The van der Waals surface area contributed by atoms with E-state index in [1.54, 1.807) is 0 Å². The molecule has 1 saturated carbocycles. The summed E-state index contributed by atoms with van der Waals surface area (Å²) < 4.78 is 38.5. The average Bonchev–Trinajstić information content (AvgIpc) is 2.85. The van der Waals surface area contributed by atoms with Crippen LogP contribution >= 0.6 is 0 Å². The fourth-order valence-corrected chi connectivity index (χ4v) is 2.49. The summed E-state index contributed by atoms with van der Waals surface area (Å²) in [6, 6.07) is 0.595. The molecule has 0 aliphatic heterocycles. The van der Waals surface area contributed by atoms with Gasteiger partial charge in [-0.2, -0.15) is 18.3 Å². The maximum Gasteiger partial charge on any atom is 0.419 e. The van der Waals surface area contributed by atoms with Crippen LogP contribution in [0.4, 0.5) is 13.2 Å². The van der Waals surface area contributed by atoms with Crippen molar-refractivity contribution in [1.82, 2.24) is 15.1 Å². The van der Waals surface area contributed by atoms with Crippen molar-refractivity contribution >= 4 is 0 Å². The predicted molar refractivity (Wildman–Crippen MR) is 66.7 cm³/mol. The van der Waals surface area contributed by atoms with Crippen molar-refractivity contribution in [3.8, 4) is 0 Å². The fourth-order valence-electron chi connectivity index (χ4n) is 2.49. The molecule has 108 valence electrons. The molecular weight excluding hydrogens is 255 g/mol. The van der Waals surface area contributed by atoms with Crippen molar-refractivity contribution in [3.63, 3.8) is 0 Å². The maximum atomic E-state index is 12.4. The van der Waals surface area contributed by atoms with Gasteiger partial charge in [0.2, 0.25) is 0 Å². The van der Waals surface area contributed by atoms with Crippen molar-refractivity contribution in [2.75, 3.05) is 6.54 Å². The van der Waals surface area contributed by atoms with Crippen molar-refractivity contribution in [2.24, 2.45) is 0 Å². The largest absolute Gasteiger partial charge is 0.419 e. The Morgan fingerprint density at radius 1 is 1.26 bits per heavy atom. The molecule has 0 spiro atoms. The van der Waals surface area contributed by atoms with Crippen LogP contribution < -0.4 is 5.32 Å². The van der Waals surface area contributed by atoms with Crippen molar-refractivity contribution < 1.29 is 13.2 Å². The molecule has 1 N–H and O–H groups in total. The van der Waals surface area contributed by atoms with Crippen LogP contribution in [0.1, 0.15) is 44.1 Å². The van der Waals surface area contributed by atoms with E-state index in [0.29, 0.717) is 12.6 Å². The lowest BCUT2D eigenvalue weighted by molar-refractivity contribution is -0.137.